The molecule has 7 nitrogen and oxygen atoms in total. The van der Waals surface area contributed by atoms with E-state index in [-0.39, 0.29) is 11.7 Å². The number of aromatic nitrogens is 3. The van der Waals surface area contributed by atoms with Crippen LogP contribution in [0.4, 0.5) is 17.6 Å². The largest absolute Gasteiger partial charge is 0.490 e. The Hall–Kier alpha value is -3.89. The van der Waals surface area contributed by atoms with Gasteiger partial charge >= 0.3 is 12.1 Å². The van der Waals surface area contributed by atoms with Crippen molar-refractivity contribution in [3.63, 3.8) is 0 Å². The summed E-state index contributed by atoms with van der Waals surface area (Å²) in [5, 5.41) is 7.12. The van der Waals surface area contributed by atoms with E-state index >= 15 is 0 Å². The van der Waals surface area contributed by atoms with Gasteiger partial charge in [-0.1, -0.05) is 6.07 Å². The fourth-order valence-corrected chi connectivity index (χ4v) is 3.41. The Bertz CT molecular complexity index is 1180. The third kappa shape index (κ3) is 6.12. The number of aryl methyl sites for hydroxylation is 1. The summed E-state index contributed by atoms with van der Waals surface area (Å²) in [5.41, 5.74) is 4.92. The summed E-state index contributed by atoms with van der Waals surface area (Å²) in [4.78, 5) is 36.7. The minimum atomic E-state index is -5.08. The lowest BCUT2D eigenvalue weighted by Crippen LogP contribution is -2.34. The molecule has 1 aromatic carbocycles. The van der Waals surface area contributed by atoms with Crippen LogP contribution in [0.3, 0.4) is 0 Å². The number of carboxylic acid groups (broad SMARTS) is 1. The molecule has 2 aromatic heterocycles. The number of nitrogens with zero attached hydrogens (tertiary/aromatic N) is 4. The van der Waals surface area contributed by atoms with Gasteiger partial charge in [0.15, 0.2) is 0 Å². The highest BCUT2D eigenvalue weighted by Gasteiger charge is 2.38. The number of pyridine rings is 1. The molecule has 1 amide bonds. The van der Waals surface area contributed by atoms with E-state index in [4.69, 9.17) is 9.90 Å². The molecule has 1 N–H and O–H groups in total. The zero-order valence-corrected chi connectivity index (χ0v) is 18.0. The molecule has 0 saturated carbocycles. The van der Waals surface area contributed by atoms with Crippen molar-refractivity contribution < 1.29 is 32.3 Å². The van der Waals surface area contributed by atoms with Crippen LogP contribution in [0.25, 0.3) is 11.3 Å². The van der Waals surface area contributed by atoms with E-state index in [9.17, 15) is 22.4 Å². The van der Waals surface area contributed by atoms with Crippen molar-refractivity contribution in [3.8, 4) is 11.3 Å². The number of rotatable bonds is 2. The Kier molecular flexibility index (Phi) is 7.54. The summed E-state index contributed by atoms with van der Waals surface area (Å²) in [7, 11) is 0. The Balaban J connectivity index is 0.000000406. The SMILES string of the molecule is Cc1cccc(C(=O)N2CCc3ncnc(-c4ccc(F)cc4)c3CC2)n1.O=C(O)C(F)(F)F. The van der Waals surface area contributed by atoms with Crippen LogP contribution in [0.1, 0.15) is 27.4 Å². The summed E-state index contributed by atoms with van der Waals surface area (Å²) in [6.45, 7) is 3.03. The van der Waals surface area contributed by atoms with Gasteiger partial charge in [-0.05, 0) is 49.7 Å². The molecule has 11 heteroatoms. The summed E-state index contributed by atoms with van der Waals surface area (Å²) in [5.74, 6) is -3.10. The standard InChI is InChI=1S/C21H19FN4O.C2HF3O2/c1-14-3-2-4-19(25-14)21(27)26-11-9-17-18(10-12-26)23-13-24-20(17)15-5-7-16(22)8-6-15;3-2(4,5)1(6)7/h2-8,13H,9-12H2,1H3;(H,6,7). The van der Waals surface area contributed by atoms with Gasteiger partial charge in [-0.3, -0.25) is 4.79 Å². The van der Waals surface area contributed by atoms with Crippen LogP contribution in [-0.2, 0) is 17.6 Å². The molecule has 1 aliphatic heterocycles. The van der Waals surface area contributed by atoms with E-state index in [2.05, 4.69) is 15.0 Å². The predicted octanol–water partition coefficient (Wildman–Crippen LogP) is 3.86. The Morgan fingerprint density at radius 3 is 2.26 bits per heavy atom. The first-order valence-corrected chi connectivity index (χ1v) is 10.2. The molecule has 34 heavy (non-hydrogen) atoms. The lowest BCUT2D eigenvalue weighted by Gasteiger charge is -2.19. The minimum Gasteiger partial charge on any atom is -0.475 e. The summed E-state index contributed by atoms with van der Waals surface area (Å²) >= 11 is 0. The average Bonchev–Trinajstić information content (AvgIpc) is 3.02. The van der Waals surface area contributed by atoms with Gasteiger partial charge in [0, 0.05) is 42.0 Å². The molecule has 0 unspecified atom stereocenters. The number of carbonyl (C=O) groups is 2. The van der Waals surface area contributed by atoms with Gasteiger partial charge in [0.25, 0.3) is 5.91 Å². The molecule has 3 aromatic rings. The molecule has 3 heterocycles. The van der Waals surface area contributed by atoms with E-state index in [1.54, 1.807) is 18.2 Å². The lowest BCUT2D eigenvalue weighted by molar-refractivity contribution is -0.192. The molecule has 0 bridgehead atoms. The van der Waals surface area contributed by atoms with Crippen LogP contribution in [0, 0.1) is 12.7 Å². The van der Waals surface area contributed by atoms with Crippen molar-refractivity contribution >= 4 is 11.9 Å². The second-order valence-electron chi connectivity index (χ2n) is 7.41. The number of fused-ring (bicyclic) bond motifs is 1. The fraction of sp³-hybridized carbons (Fsp3) is 0.261. The summed E-state index contributed by atoms with van der Waals surface area (Å²) < 4.78 is 45.0. The molecule has 178 valence electrons. The third-order valence-electron chi connectivity index (χ3n) is 5.04. The van der Waals surface area contributed by atoms with Crippen LogP contribution in [0.5, 0.6) is 0 Å². The Labute approximate surface area is 192 Å². The van der Waals surface area contributed by atoms with Crippen LogP contribution in [-0.4, -0.2) is 56.1 Å². The lowest BCUT2D eigenvalue weighted by atomic mass is 10.0. The molecular formula is C23H20F4N4O3. The Morgan fingerprint density at radius 2 is 1.65 bits per heavy atom. The van der Waals surface area contributed by atoms with Crippen LogP contribution >= 0.6 is 0 Å². The highest BCUT2D eigenvalue weighted by Crippen LogP contribution is 2.26. The second kappa shape index (κ2) is 10.4. The van der Waals surface area contributed by atoms with E-state index < -0.39 is 12.1 Å². The van der Waals surface area contributed by atoms with E-state index in [0.717, 1.165) is 28.2 Å². The van der Waals surface area contributed by atoms with Crippen molar-refractivity contribution in [1.82, 2.24) is 19.9 Å². The molecule has 0 aliphatic carbocycles. The van der Waals surface area contributed by atoms with Gasteiger partial charge < -0.3 is 10.0 Å². The number of hydrogen-bond acceptors (Lipinski definition) is 5. The highest BCUT2D eigenvalue weighted by atomic mass is 19.4. The monoisotopic (exact) mass is 476 g/mol. The van der Waals surface area contributed by atoms with Crippen molar-refractivity contribution in [2.24, 2.45) is 0 Å². The van der Waals surface area contributed by atoms with Gasteiger partial charge in [-0.2, -0.15) is 13.2 Å². The van der Waals surface area contributed by atoms with Crippen molar-refractivity contribution in [1.29, 1.82) is 0 Å². The molecule has 0 saturated heterocycles. The van der Waals surface area contributed by atoms with Crippen molar-refractivity contribution in [2.45, 2.75) is 25.9 Å². The predicted molar refractivity (Wildman–Crippen MR) is 113 cm³/mol. The number of aliphatic carboxylic acids is 1. The number of hydrogen-bond donors (Lipinski definition) is 1. The van der Waals surface area contributed by atoms with Gasteiger partial charge in [0.05, 0.1) is 5.69 Å². The van der Waals surface area contributed by atoms with Gasteiger partial charge in [0.1, 0.15) is 17.8 Å². The zero-order chi connectivity index (χ0) is 24.9. The molecule has 0 spiro atoms. The topological polar surface area (TPSA) is 96.3 Å². The maximum Gasteiger partial charge on any atom is 0.490 e. The first-order valence-electron chi connectivity index (χ1n) is 10.2. The first kappa shape index (κ1) is 24.7. The van der Waals surface area contributed by atoms with Crippen molar-refractivity contribution in [3.05, 3.63) is 77.3 Å². The maximum absolute atomic E-state index is 13.3. The van der Waals surface area contributed by atoms with Gasteiger partial charge in [-0.25, -0.2) is 24.1 Å². The van der Waals surface area contributed by atoms with Crippen LogP contribution in [0.2, 0.25) is 0 Å². The first-order chi connectivity index (χ1) is 16.1. The molecular weight excluding hydrogens is 456 g/mol. The summed E-state index contributed by atoms with van der Waals surface area (Å²) in [6, 6.07) is 11.8. The normalized spacial score (nSPS) is 13.3. The molecule has 1 aliphatic rings. The third-order valence-corrected chi connectivity index (χ3v) is 5.04. The second-order valence-corrected chi connectivity index (χ2v) is 7.41. The number of amides is 1. The van der Waals surface area contributed by atoms with Crippen molar-refractivity contribution in [2.75, 3.05) is 13.1 Å². The Morgan fingerprint density at radius 1 is 1.00 bits per heavy atom. The molecule has 4 rings (SSSR count). The quantitative estimate of drug-likeness (QED) is 0.565. The van der Waals surface area contributed by atoms with E-state index in [1.807, 2.05) is 24.0 Å². The van der Waals surface area contributed by atoms with E-state index in [1.165, 1.54) is 18.5 Å². The van der Waals surface area contributed by atoms with Crippen LogP contribution in [0.15, 0.2) is 48.8 Å². The minimum absolute atomic E-state index is 0.0669. The fourth-order valence-electron chi connectivity index (χ4n) is 3.41. The highest BCUT2D eigenvalue weighted by molar-refractivity contribution is 5.92. The molecule has 0 atom stereocenters. The molecule has 0 radical (unpaired) electrons. The number of carbonyl (C=O) groups excluding carboxylic acids is 1. The van der Waals surface area contributed by atoms with Gasteiger partial charge in [0.2, 0.25) is 0 Å². The number of halogens is 4. The van der Waals surface area contributed by atoms with Crippen LogP contribution < -0.4 is 0 Å². The smallest absolute Gasteiger partial charge is 0.475 e. The summed E-state index contributed by atoms with van der Waals surface area (Å²) in [6.07, 6.45) is -2.23. The number of carboxylic acids is 1. The zero-order valence-electron chi connectivity index (χ0n) is 18.0. The average molecular weight is 476 g/mol. The number of alkyl halides is 3. The maximum atomic E-state index is 13.3. The molecule has 0 fully saturated rings. The number of benzene rings is 1. The van der Waals surface area contributed by atoms with Gasteiger partial charge in [-0.15, -0.1) is 0 Å². The van der Waals surface area contributed by atoms with E-state index in [0.29, 0.717) is 31.6 Å².